The van der Waals surface area contributed by atoms with Crippen molar-refractivity contribution in [1.29, 1.82) is 0 Å². The summed E-state index contributed by atoms with van der Waals surface area (Å²) in [6, 6.07) is 8.54. The maximum Gasteiger partial charge on any atom is 0.227 e. The Kier molecular flexibility index (Phi) is 6.49. The third-order valence-electron chi connectivity index (χ3n) is 7.93. The number of rotatable bonds is 5. The Labute approximate surface area is 230 Å². The Morgan fingerprint density at radius 3 is 2.52 bits per heavy atom. The molecule has 2 fully saturated rings. The van der Waals surface area contributed by atoms with E-state index in [1.807, 2.05) is 36.6 Å². The summed E-state index contributed by atoms with van der Waals surface area (Å²) in [4.78, 5) is 19.8. The van der Waals surface area contributed by atoms with Crippen LogP contribution in [-0.4, -0.2) is 52.7 Å². The van der Waals surface area contributed by atoms with Crippen LogP contribution in [0.25, 0.3) is 22.2 Å². The lowest BCUT2D eigenvalue weighted by Gasteiger charge is -2.36. The van der Waals surface area contributed by atoms with Gasteiger partial charge in [-0.1, -0.05) is 11.2 Å². The zero-order valence-corrected chi connectivity index (χ0v) is 23.2. The van der Waals surface area contributed by atoms with Crippen LogP contribution < -0.4 is 4.90 Å². The minimum atomic E-state index is -3.39. The van der Waals surface area contributed by atoms with Crippen molar-refractivity contribution in [2.45, 2.75) is 51.6 Å². The SMILES string of the molecule is Cc1noc(C)c1-c1ccc2c(c1)nc(C1CCCC(=O)N1c1ccc(F)c(F)c1)n2C1CCN(S(C)(=O)=O)C1. The van der Waals surface area contributed by atoms with E-state index in [4.69, 9.17) is 9.51 Å². The summed E-state index contributed by atoms with van der Waals surface area (Å²) in [5, 5.41) is 4.06. The van der Waals surface area contributed by atoms with Crippen LogP contribution in [0.5, 0.6) is 0 Å². The Hall–Kier alpha value is -3.64. The number of aryl methyl sites for hydroxylation is 2. The number of amides is 1. The van der Waals surface area contributed by atoms with E-state index in [0.29, 0.717) is 42.9 Å². The molecule has 0 spiro atoms. The molecule has 12 heteroatoms. The summed E-state index contributed by atoms with van der Waals surface area (Å²) in [5.74, 6) is -0.966. The molecular formula is C28H29F2N5O4S. The fourth-order valence-electron chi connectivity index (χ4n) is 6.08. The molecule has 1 amide bonds. The number of carbonyl (C=O) groups is 1. The number of hydrogen-bond acceptors (Lipinski definition) is 6. The lowest BCUT2D eigenvalue weighted by Crippen LogP contribution is -2.40. The van der Waals surface area contributed by atoms with Crippen LogP contribution in [-0.2, 0) is 14.8 Å². The van der Waals surface area contributed by atoms with Gasteiger partial charge in [-0.3, -0.25) is 4.79 Å². The molecule has 2 aliphatic rings. The number of anilines is 1. The molecular weight excluding hydrogens is 540 g/mol. The molecule has 9 nitrogen and oxygen atoms in total. The van der Waals surface area contributed by atoms with Crippen LogP contribution in [0.2, 0.25) is 0 Å². The Balaban J connectivity index is 1.52. The number of aromatic nitrogens is 3. The summed E-state index contributed by atoms with van der Waals surface area (Å²) in [6.07, 6.45) is 3.22. The molecule has 210 valence electrons. The third-order valence-corrected chi connectivity index (χ3v) is 9.20. The van der Waals surface area contributed by atoms with E-state index in [0.717, 1.165) is 34.5 Å². The van der Waals surface area contributed by atoms with Gasteiger partial charge >= 0.3 is 0 Å². The quantitative estimate of drug-likeness (QED) is 0.333. The summed E-state index contributed by atoms with van der Waals surface area (Å²) in [6.45, 7) is 4.35. The third kappa shape index (κ3) is 4.48. The number of fused-ring (bicyclic) bond motifs is 1. The first-order valence-electron chi connectivity index (χ1n) is 13.2. The number of nitrogens with zero attached hydrogens (tertiary/aromatic N) is 5. The van der Waals surface area contributed by atoms with E-state index in [-0.39, 0.29) is 30.6 Å². The molecule has 2 aromatic heterocycles. The lowest BCUT2D eigenvalue weighted by atomic mass is 9.99. The van der Waals surface area contributed by atoms with E-state index >= 15 is 0 Å². The van der Waals surface area contributed by atoms with Gasteiger partial charge in [0.2, 0.25) is 15.9 Å². The van der Waals surface area contributed by atoms with Crippen LogP contribution in [0.3, 0.4) is 0 Å². The van der Waals surface area contributed by atoms with Gasteiger partial charge in [0, 0.05) is 36.8 Å². The Morgan fingerprint density at radius 2 is 1.85 bits per heavy atom. The van der Waals surface area contributed by atoms with Crippen molar-refractivity contribution >= 4 is 32.7 Å². The number of carbonyl (C=O) groups excluding carboxylic acids is 1. The van der Waals surface area contributed by atoms with Gasteiger partial charge in [0.1, 0.15) is 11.6 Å². The van der Waals surface area contributed by atoms with Crippen LogP contribution in [0, 0.1) is 25.5 Å². The van der Waals surface area contributed by atoms with Crippen molar-refractivity contribution < 1.29 is 26.5 Å². The van der Waals surface area contributed by atoms with Crippen molar-refractivity contribution in [1.82, 2.24) is 19.0 Å². The number of benzene rings is 2. The summed E-state index contributed by atoms with van der Waals surface area (Å²) in [7, 11) is -3.39. The molecule has 0 radical (unpaired) electrons. The van der Waals surface area contributed by atoms with E-state index in [1.165, 1.54) is 21.5 Å². The van der Waals surface area contributed by atoms with E-state index in [1.54, 1.807) is 0 Å². The normalized spacial score (nSPS) is 20.6. The van der Waals surface area contributed by atoms with Crippen LogP contribution in [0.4, 0.5) is 14.5 Å². The average molecular weight is 570 g/mol. The van der Waals surface area contributed by atoms with Gasteiger partial charge in [0.05, 0.1) is 35.1 Å². The minimum Gasteiger partial charge on any atom is -0.361 e. The molecule has 0 saturated carbocycles. The van der Waals surface area contributed by atoms with Crippen LogP contribution in [0.1, 0.15) is 55.0 Å². The molecule has 2 saturated heterocycles. The predicted octanol–water partition coefficient (Wildman–Crippen LogP) is 5.05. The number of sulfonamides is 1. The molecule has 4 aromatic rings. The standard InChI is InChI=1S/C28H29F2N5O4S/c1-16-27(17(2)39-32-16)18-7-10-24-23(13-18)31-28(35(24)20-11-12-33(15-20)40(3,37)38)25-5-4-6-26(36)34(25)19-8-9-21(29)22(30)14-19/h7-10,13-14,20,25H,4-6,11-12,15H2,1-3H3. The Bertz CT molecular complexity index is 1730. The van der Waals surface area contributed by atoms with E-state index in [2.05, 4.69) is 5.16 Å². The van der Waals surface area contributed by atoms with Gasteiger partial charge in [-0.2, -0.15) is 0 Å². The smallest absolute Gasteiger partial charge is 0.227 e. The summed E-state index contributed by atoms with van der Waals surface area (Å²) in [5.41, 5.74) is 4.23. The molecule has 40 heavy (non-hydrogen) atoms. The molecule has 0 aliphatic carbocycles. The average Bonchev–Trinajstić information content (AvgIpc) is 3.62. The molecule has 0 N–H and O–H groups in total. The van der Waals surface area contributed by atoms with Crippen molar-refractivity contribution in [3.8, 4) is 11.1 Å². The number of piperidine rings is 1. The molecule has 0 bridgehead atoms. The number of halogens is 2. The Morgan fingerprint density at radius 1 is 1.05 bits per heavy atom. The van der Waals surface area contributed by atoms with Crippen molar-refractivity contribution in [2.75, 3.05) is 24.2 Å². The van der Waals surface area contributed by atoms with Crippen molar-refractivity contribution in [2.24, 2.45) is 0 Å². The fraction of sp³-hybridized carbons (Fsp3) is 0.393. The van der Waals surface area contributed by atoms with Crippen LogP contribution in [0.15, 0.2) is 40.9 Å². The molecule has 2 unspecified atom stereocenters. The molecule has 6 rings (SSSR count). The highest BCUT2D eigenvalue weighted by Crippen LogP contribution is 2.41. The summed E-state index contributed by atoms with van der Waals surface area (Å²) < 4.78 is 61.6. The van der Waals surface area contributed by atoms with Crippen LogP contribution >= 0.6 is 0 Å². The van der Waals surface area contributed by atoms with Crippen molar-refractivity contribution in [3.63, 3.8) is 0 Å². The predicted molar refractivity (Wildman–Crippen MR) is 145 cm³/mol. The van der Waals surface area contributed by atoms with Gasteiger partial charge in [-0.25, -0.2) is 26.5 Å². The second kappa shape index (κ2) is 9.77. The second-order valence-corrected chi connectivity index (χ2v) is 12.6. The number of imidazole rings is 1. The zero-order valence-electron chi connectivity index (χ0n) is 22.4. The summed E-state index contributed by atoms with van der Waals surface area (Å²) >= 11 is 0. The minimum absolute atomic E-state index is 0.207. The fourth-order valence-corrected chi connectivity index (χ4v) is 6.96. The van der Waals surface area contributed by atoms with E-state index < -0.39 is 27.7 Å². The highest BCUT2D eigenvalue weighted by Gasteiger charge is 2.38. The topological polar surface area (TPSA) is 102 Å². The highest BCUT2D eigenvalue weighted by atomic mass is 32.2. The maximum absolute atomic E-state index is 14.3. The molecule has 2 aromatic carbocycles. The van der Waals surface area contributed by atoms with E-state index in [9.17, 15) is 22.0 Å². The molecule has 2 aliphatic heterocycles. The lowest BCUT2D eigenvalue weighted by molar-refractivity contribution is -0.120. The first-order valence-corrected chi connectivity index (χ1v) is 15.0. The highest BCUT2D eigenvalue weighted by molar-refractivity contribution is 7.88. The largest absolute Gasteiger partial charge is 0.361 e. The van der Waals surface area contributed by atoms with Gasteiger partial charge in [0.25, 0.3) is 0 Å². The van der Waals surface area contributed by atoms with Crippen molar-refractivity contribution in [3.05, 3.63) is 65.3 Å². The van der Waals surface area contributed by atoms with Gasteiger partial charge < -0.3 is 14.0 Å². The number of hydrogen-bond donors (Lipinski definition) is 0. The van der Waals surface area contributed by atoms with Gasteiger partial charge in [-0.05, 0) is 62.9 Å². The molecule has 4 heterocycles. The zero-order chi connectivity index (χ0) is 28.3. The van der Waals surface area contributed by atoms with Gasteiger partial charge in [0.15, 0.2) is 11.6 Å². The maximum atomic E-state index is 14.3. The monoisotopic (exact) mass is 569 g/mol. The first kappa shape index (κ1) is 26.6. The second-order valence-electron chi connectivity index (χ2n) is 10.6. The van der Waals surface area contributed by atoms with Gasteiger partial charge in [-0.15, -0.1) is 0 Å². The first-order chi connectivity index (χ1) is 19.0. The molecule has 2 atom stereocenters.